The molecule has 1 aliphatic carbocycles. The number of thioether (sulfide) groups is 1. The van der Waals surface area contributed by atoms with Gasteiger partial charge < -0.3 is 4.42 Å². The Morgan fingerprint density at radius 1 is 1.16 bits per heavy atom. The number of furan rings is 1. The zero-order valence-corrected chi connectivity index (χ0v) is 19.1. The molecule has 1 aromatic heterocycles. The summed E-state index contributed by atoms with van der Waals surface area (Å²) in [7, 11) is 0. The third-order valence-electron chi connectivity index (χ3n) is 6.03. The summed E-state index contributed by atoms with van der Waals surface area (Å²) in [6.45, 7) is 0. The molecule has 0 unspecified atom stereocenters. The predicted molar refractivity (Wildman–Crippen MR) is 130 cm³/mol. The van der Waals surface area contributed by atoms with E-state index in [0.717, 1.165) is 29.4 Å². The second kappa shape index (κ2) is 9.08. The van der Waals surface area contributed by atoms with Crippen molar-refractivity contribution in [1.82, 2.24) is 5.01 Å². The van der Waals surface area contributed by atoms with Crippen molar-refractivity contribution in [3.63, 3.8) is 0 Å². The van der Waals surface area contributed by atoms with Gasteiger partial charge in [-0.2, -0.15) is 15.1 Å². The number of benzene rings is 1. The van der Waals surface area contributed by atoms with Crippen LogP contribution in [0.3, 0.4) is 0 Å². The van der Waals surface area contributed by atoms with E-state index in [1.807, 2.05) is 18.2 Å². The van der Waals surface area contributed by atoms with Crippen molar-refractivity contribution in [2.45, 2.75) is 44.9 Å². The van der Waals surface area contributed by atoms with Crippen molar-refractivity contribution in [2.75, 3.05) is 0 Å². The van der Waals surface area contributed by atoms with Crippen LogP contribution in [0, 0.1) is 11.3 Å². The van der Waals surface area contributed by atoms with Crippen LogP contribution < -0.4 is 0 Å². The number of aliphatic imine (C=N–C) groups is 1. The molecule has 1 fully saturated rings. The molecule has 8 heteroatoms. The van der Waals surface area contributed by atoms with Gasteiger partial charge in [-0.1, -0.05) is 43.7 Å². The predicted octanol–water partition coefficient (Wildman–Crippen LogP) is 6.58. The lowest BCUT2D eigenvalue weighted by Crippen LogP contribution is -2.35. The van der Waals surface area contributed by atoms with Gasteiger partial charge in [0.2, 0.25) is 5.17 Å². The number of amides is 1. The molecule has 32 heavy (non-hydrogen) atoms. The van der Waals surface area contributed by atoms with Gasteiger partial charge >= 0.3 is 0 Å². The van der Waals surface area contributed by atoms with Crippen molar-refractivity contribution in [1.29, 1.82) is 5.41 Å². The van der Waals surface area contributed by atoms with Crippen LogP contribution in [0.2, 0.25) is 5.02 Å². The van der Waals surface area contributed by atoms with Crippen LogP contribution in [0.15, 0.2) is 56.5 Å². The molecule has 6 nitrogen and oxygen atoms in total. The Morgan fingerprint density at radius 3 is 2.72 bits per heavy atom. The molecule has 2 aliphatic heterocycles. The number of hydrazone groups is 1. The van der Waals surface area contributed by atoms with E-state index < -0.39 is 5.91 Å². The molecule has 1 amide bonds. The fourth-order valence-electron chi connectivity index (χ4n) is 4.28. The fourth-order valence-corrected chi connectivity index (χ4v) is 5.30. The number of rotatable bonds is 5. The van der Waals surface area contributed by atoms with Crippen molar-refractivity contribution in [3.05, 3.63) is 52.8 Å². The minimum atomic E-state index is -0.443. The monoisotopic (exact) mass is 466 g/mol. The van der Waals surface area contributed by atoms with Crippen molar-refractivity contribution >= 4 is 51.4 Å². The van der Waals surface area contributed by atoms with Gasteiger partial charge in [0.1, 0.15) is 16.6 Å². The Hall–Kier alpha value is -2.64. The normalized spacial score (nSPS) is 20.5. The Kier molecular flexibility index (Phi) is 6.02. The van der Waals surface area contributed by atoms with E-state index in [4.69, 9.17) is 21.4 Å². The van der Waals surface area contributed by atoms with Crippen LogP contribution in [0.1, 0.15) is 50.7 Å². The van der Waals surface area contributed by atoms with Crippen molar-refractivity contribution in [3.8, 4) is 11.3 Å². The lowest BCUT2D eigenvalue weighted by atomic mass is 9.86. The Bertz CT molecular complexity index is 1140. The van der Waals surface area contributed by atoms with E-state index in [9.17, 15) is 4.79 Å². The van der Waals surface area contributed by atoms with Gasteiger partial charge in [-0.05, 0) is 73.0 Å². The lowest BCUT2D eigenvalue weighted by Gasteiger charge is -2.20. The number of carbonyl (C=O) groups is 1. The second-order valence-electron chi connectivity index (χ2n) is 8.27. The van der Waals surface area contributed by atoms with E-state index in [-0.39, 0.29) is 11.4 Å². The van der Waals surface area contributed by atoms with E-state index in [0.29, 0.717) is 21.7 Å². The first-order valence-corrected chi connectivity index (χ1v) is 12.1. The lowest BCUT2D eigenvalue weighted by molar-refractivity contribution is -0.114. The number of carbonyl (C=O) groups excluding carboxylic acids is 1. The van der Waals surface area contributed by atoms with Crippen LogP contribution in [0.4, 0.5) is 0 Å². The maximum atomic E-state index is 12.6. The quantitative estimate of drug-likeness (QED) is 0.504. The number of halogens is 1. The van der Waals surface area contributed by atoms with Gasteiger partial charge in [0, 0.05) is 10.6 Å². The Balaban J connectivity index is 1.31. The summed E-state index contributed by atoms with van der Waals surface area (Å²) in [4.78, 5) is 16.8. The highest BCUT2D eigenvalue weighted by atomic mass is 35.5. The summed E-state index contributed by atoms with van der Waals surface area (Å²) in [5.74, 6) is 1.49. The molecule has 2 aromatic rings. The molecular formula is C24H23ClN4O2S. The van der Waals surface area contributed by atoms with Crippen LogP contribution in [0.5, 0.6) is 0 Å². The molecule has 164 valence electrons. The number of nitrogens with one attached hydrogen (secondary N) is 1. The van der Waals surface area contributed by atoms with Gasteiger partial charge in [-0.25, -0.2) is 0 Å². The van der Waals surface area contributed by atoms with Gasteiger partial charge in [-0.15, -0.1) is 0 Å². The molecule has 5 rings (SSSR count). The minimum absolute atomic E-state index is 0.0320. The summed E-state index contributed by atoms with van der Waals surface area (Å²) in [6.07, 6.45) is 10.1. The maximum absolute atomic E-state index is 12.6. The highest BCUT2D eigenvalue weighted by molar-refractivity contribution is 8.26. The van der Waals surface area contributed by atoms with Gasteiger partial charge in [0.25, 0.3) is 5.91 Å². The van der Waals surface area contributed by atoms with Crippen LogP contribution >= 0.6 is 23.4 Å². The fraction of sp³-hybridized carbons (Fsp3) is 0.333. The molecule has 1 saturated carbocycles. The van der Waals surface area contributed by atoms with Crippen LogP contribution in [-0.2, 0) is 4.79 Å². The Labute approximate surface area is 195 Å². The number of amidine groups is 2. The maximum Gasteiger partial charge on any atom is 0.283 e. The van der Waals surface area contributed by atoms with Gasteiger partial charge in [-0.3, -0.25) is 10.2 Å². The number of fused-ring (bicyclic) bond motifs is 1. The molecule has 0 bridgehead atoms. The molecule has 0 saturated heterocycles. The highest BCUT2D eigenvalue weighted by Crippen LogP contribution is 2.33. The summed E-state index contributed by atoms with van der Waals surface area (Å²) >= 11 is 7.35. The van der Waals surface area contributed by atoms with Gasteiger partial charge in [0.15, 0.2) is 5.84 Å². The number of hydrogen-bond acceptors (Lipinski definition) is 5. The number of hydrogen-bond donors (Lipinski definition) is 1. The first-order chi connectivity index (χ1) is 15.6. The van der Waals surface area contributed by atoms with E-state index in [1.165, 1.54) is 48.9 Å². The largest absolute Gasteiger partial charge is 0.457 e. The number of nitrogens with zero attached hydrogens (tertiary/aromatic N) is 3. The van der Waals surface area contributed by atoms with Crippen LogP contribution in [0.25, 0.3) is 17.4 Å². The molecule has 1 N–H and O–H groups in total. The second-order valence-corrected chi connectivity index (χ2v) is 9.74. The zero-order chi connectivity index (χ0) is 22.1. The van der Waals surface area contributed by atoms with Crippen molar-refractivity contribution < 1.29 is 9.21 Å². The third kappa shape index (κ3) is 4.45. The first kappa shape index (κ1) is 21.2. The molecule has 0 spiro atoms. The average Bonchev–Trinajstić information content (AvgIpc) is 3.44. The van der Waals surface area contributed by atoms with E-state index >= 15 is 0 Å². The molecule has 0 atom stereocenters. The molecular weight excluding hydrogens is 444 g/mol. The SMILES string of the molecule is N=C1/C(=C/c2ccc(-c3ccc(Cl)cc3)o2)C(=O)N=C2SC(CCC3CCCCC3)=NN12. The molecule has 3 aliphatic rings. The zero-order valence-electron chi connectivity index (χ0n) is 17.5. The first-order valence-electron chi connectivity index (χ1n) is 10.9. The molecule has 3 heterocycles. The smallest absolute Gasteiger partial charge is 0.283 e. The van der Waals surface area contributed by atoms with Gasteiger partial charge in [0.05, 0.1) is 5.57 Å². The average molecular weight is 467 g/mol. The summed E-state index contributed by atoms with van der Waals surface area (Å²) < 4.78 is 5.87. The minimum Gasteiger partial charge on any atom is -0.457 e. The highest BCUT2D eigenvalue weighted by Gasteiger charge is 2.35. The van der Waals surface area contributed by atoms with E-state index in [1.54, 1.807) is 24.3 Å². The third-order valence-corrected chi connectivity index (χ3v) is 7.25. The standard InChI is InChI=1S/C24H23ClN4O2S/c25-17-9-7-16(8-10-17)20-12-11-18(31-20)14-19-22(26)29-24(27-23(19)30)32-21(28-29)13-6-15-4-2-1-3-5-15/h7-12,14-15,26H,1-6,13H2/b19-14-,26-22?. The molecule has 1 aromatic carbocycles. The summed E-state index contributed by atoms with van der Waals surface area (Å²) in [6, 6.07) is 10.9. The molecule has 0 radical (unpaired) electrons. The topological polar surface area (TPSA) is 82.0 Å². The Morgan fingerprint density at radius 2 is 1.94 bits per heavy atom. The van der Waals surface area contributed by atoms with E-state index in [2.05, 4.69) is 10.1 Å². The van der Waals surface area contributed by atoms with Crippen LogP contribution in [-0.4, -0.2) is 27.0 Å². The summed E-state index contributed by atoms with van der Waals surface area (Å²) in [5.41, 5.74) is 1.05. The van der Waals surface area contributed by atoms with Crippen molar-refractivity contribution in [2.24, 2.45) is 16.0 Å². The summed E-state index contributed by atoms with van der Waals surface area (Å²) in [5, 5.41) is 16.6.